The molecule has 0 bridgehead atoms. The number of hydrogen-bond acceptors (Lipinski definition) is 2. The molecule has 0 spiro atoms. The fraction of sp³-hybridized carbons (Fsp3) is 0.273. The first kappa shape index (κ1) is 11.1. The Morgan fingerprint density at radius 2 is 2.00 bits per heavy atom. The lowest BCUT2D eigenvalue weighted by Crippen LogP contribution is -2.29. The fourth-order valence-electron chi connectivity index (χ4n) is 1.79. The molecule has 1 aliphatic heterocycles. The predicted molar refractivity (Wildman–Crippen MR) is 62.2 cm³/mol. The molecule has 84 valence electrons. The number of nitrogens with zero attached hydrogens (tertiary/aromatic N) is 1. The highest BCUT2D eigenvalue weighted by molar-refractivity contribution is 9.10. The van der Waals surface area contributed by atoms with E-state index in [2.05, 4.69) is 15.9 Å². The molecule has 0 aromatic heterocycles. The molecule has 0 aliphatic carbocycles. The SMILES string of the molecule is O=C(O)[C@H]1CCN(c2ccc(Br)cc2)C1=O. The van der Waals surface area contributed by atoms with E-state index in [0.717, 1.165) is 10.2 Å². The van der Waals surface area contributed by atoms with Gasteiger partial charge in [-0.2, -0.15) is 0 Å². The van der Waals surface area contributed by atoms with Crippen molar-refractivity contribution in [1.82, 2.24) is 0 Å². The number of rotatable bonds is 2. The highest BCUT2D eigenvalue weighted by atomic mass is 79.9. The van der Waals surface area contributed by atoms with Gasteiger partial charge in [-0.15, -0.1) is 0 Å². The summed E-state index contributed by atoms with van der Waals surface area (Å²) in [4.78, 5) is 24.1. The van der Waals surface area contributed by atoms with Crippen LogP contribution in [-0.4, -0.2) is 23.5 Å². The molecule has 1 aliphatic rings. The van der Waals surface area contributed by atoms with E-state index in [-0.39, 0.29) is 5.91 Å². The maximum absolute atomic E-state index is 11.8. The minimum absolute atomic E-state index is 0.324. The van der Waals surface area contributed by atoms with Crippen molar-refractivity contribution in [3.63, 3.8) is 0 Å². The van der Waals surface area contributed by atoms with Gasteiger partial charge in [0.2, 0.25) is 5.91 Å². The van der Waals surface area contributed by atoms with Crippen molar-refractivity contribution in [3.05, 3.63) is 28.7 Å². The van der Waals surface area contributed by atoms with Crippen LogP contribution in [0.25, 0.3) is 0 Å². The highest BCUT2D eigenvalue weighted by Crippen LogP contribution is 2.26. The van der Waals surface area contributed by atoms with Gasteiger partial charge in [-0.05, 0) is 30.7 Å². The molecule has 16 heavy (non-hydrogen) atoms. The molecule has 4 nitrogen and oxygen atoms in total. The number of carboxylic acids is 1. The lowest BCUT2D eigenvalue weighted by atomic mass is 10.1. The number of carbonyl (C=O) groups is 2. The molecule has 0 saturated carbocycles. The van der Waals surface area contributed by atoms with E-state index in [1.807, 2.05) is 12.1 Å². The van der Waals surface area contributed by atoms with E-state index < -0.39 is 11.9 Å². The van der Waals surface area contributed by atoms with Gasteiger partial charge in [0, 0.05) is 16.7 Å². The van der Waals surface area contributed by atoms with Crippen LogP contribution in [0.2, 0.25) is 0 Å². The first-order valence-electron chi connectivity index (χ1n) is 4.89. The monoisotopic (exact) mass is 283 g/mol. The first-order chi connectivity index (χ1) is 7.59. The lowest BCUT2D eigenvalue weighted by Gasteiger charge is -2.15. The summed E-state index contributed by atoms with van der Waals surface area (Å²) in [7, 11) is 0. The van der Waals surface area contributed by atoms with E-state index in [9.17, 15) is 9.59 Å². The van der Waals surface area contributed by atoms with E-state index in [4.69, 9.17) is 5.11 Å². The average molecular weight is 284 g/mol. The molecule has 0 unspecified atom stereocenters. The van der Waals surface area contributed by atoms with E-state index >= 15 is 0 Å². The smallest absolute Gasteiger partial charge is 0.316 e. The Morgan fingerprint density at radius 1 is 1.38 bits per heavy atom. The van der Waals surface area contributed by atoms with Gasteiger partial charge in [-0.1, -0.05) is 15.9 Å². The van der Waals surface area contributed by atoms with Crippen LogP contribution >= 0.6 is 15.9 Å². The summed E-state index contributed by atoms with van der Waals surface area (Å²) in [6.45, 7) is 0.470. The number of aliphatic carboxylic acids is 1. The van der Waals surface area contributed by atoms with Crippen molar-refractivity contribution < 1.29 is 14.7 Å². The second-order valence-electron chi connectivity index (χ2n) is 3.65. The van der Waals surface area contributed by atoms with Gasteiger partial charge in [0.15, 0.2) is 0 Å². The molecular formula is C11H10BrNO3. The summed E-state index contributed by atoms with van der Waals surface area (Å²) >= 11 is 3.31. The normalized spacial score (nSPS) is 20.2. The van der Waals surface area contributed by atoms with Crippen molar-refractivity contribution in [2.45, 2.75) is 6.42 Å². The number of halogens is 1. The average Bonchev–Trinajstić information content (AvgIpc) is 2.61. The molecule has 1 saturated heterocycles. The van der Waals surface area contributed by atoms with Crippen LogP contribution in [0.15, 0.2) is 28.7 Å². The maximum Gasteiger partial charge on any atom is 0.316 e. The molecule has 1 aromatic rings. The minimum Gasteiger partial charge on any atom is -0.481 e. The second-order valence-corrected chi connectivity index (χ2v) is 4.56. The summed E-state index contributed by atoms with van der Waals surface area (Å²) in [6.07, 6.45) is 0.379. The number of carboxylic acid groups (broad SMARTS) is 1. The molecule has 2 rings (SSSR count). The molecule has 1 heterocycles. The quantitative estimate of drug-likeness (QED) is 0.844. The maximum atomic E-state index is 11.8. The zero-order chi connectivity index (χ0) is 11.7. The van der Waals surface area contributed by atoms with Crippen LogP contribution in [-0.2, 0) is 9.59 Å². The van der Waals surface area contributed by atoms with Gasteiger partial charge in [0.25, 0.3) is 0 Å². The van der Waals surface area contributed by atoms with Gasteiger partial charge in [-0.3, -0.25) is 9.59 Å². The molecule has 1 atom stereocenters. The zero-order valence-electron chi connectivity index (χ0n) is 8.39. The second kappa shape index (κ2) is 4.25. The van der Waals surface area contributed by atoms with Gasteiger partial charge < -0.3 is 10.0 Å². The standard InChI is InChI=1S/C11H10BrNO3/c12-7-1-3-8(4-2-7)13-6-5-9(10(13)14)11(15)16/h1-4,9H,5-6H2,(H,15,16)/t9-/m0/s1. The summed E-state index contributed by atoms with van der Waals surface area (Å²) < 4.78 is 0.928. The molecule has 5 heteroatoms. The zero-order valence-corrected chi connectivity index (χ0v) is 9.98. The van der Waals surface area contributed by atoms with E-state index in [1.54, 1.807) is 12.1 Å². The van der Waals surface area contributed by atoms with Crippen LogP contribution < -0.4 is 4.90 Å². The summed E-state index contributed by atoms with van der Waals surface area (Å²) in [5.41, 5.74) is 0.747. The largest absolute Gasteiger partial charge is 0.481 e. The molecule has 1 N–H and O–H groups in total. The number of hydrogen-bond donors (Lipinski definition) is 1. The Morgan fingerprint density at radius 3 is 2.50 bits per heavy atom. The Bertz CT molecular complexity index is 429. The van der Waals surface area contributed by atoms with Gasteiger partial charge in [0.05, 0.1) is 0 Å². The van der Waals surface area contributed by atoms with Gasteiger partial charge in [-0.25, -0.2) is 0 Å². The third-order valence-electron chi connectivity index (χ3n) is 2.64. The van der Waals surface area contributed by atoms with Crippen LogP contribution in [0.4, 0.5) is 5.69 Å². The number of anilines is 1. The third kappa shape index (κ3) is 1.95. The van der Waals surface area contributed by atoms with Crippen molar-refractivity contribution in [2.24, 2.45) is 5.92 Å². The number of amides is 1. The van der Waals surface area contributed by atoms with Crippen molar-refractivity contribution >= 4 is 33.5 Å². The summed E-state index contributed by atoms with van der Waals surface area (Å²) in [5.74, 6) is -2.25. The molecule has 1 amide bonds. The van der Waals surface area contributed by atoms with Gasteiger partial charge >= 0.3 is 5.97 Å². The number of carbonyl (C=O) groups excluding carboxylic acids is 1. The summed E-state index contributed by atoms with van der Waals surface area (Å²) in [6, 6.07) is 7.26. The Kier molecular flexibility index (Phi) is 2.96. The third-order valence-corrected chi connectivity index (χ3v) is 3.17. The molecule has 0 radical (unpaired) electrons. The highest BCUT2D eigenvalue weighted by Gasteiger charge is 2.37. The van der Waals surface area contributed by atoms with Crippen molar-refractivity contribution in [2.75, 3.05) is 11.4 Å². The van der Waals surface area contributed by atoms with Crippen LogP contribution in [0, 0.1) is 5.92 Å². The Labute approximate surface area is 101 Å². The predicted octanol–water partition coefficient (Wildman–Crippen LogP) is 1.89. The van der Waals surface area contributed by atoms with Crippen LogP contribution in [0.5, 0.6) is 0 Å². The van der Waals surface area contributed by atoms with E-state index in [1.165, 1.54) is 4.90 Å². The van der Waals surface area contributed by atoms with Crippen LogP contribution in [0.3, 0.4) is 0 Å². The fourth-order valence-corrected chi connectivity index (χ4v) is 2.05. The molecular weight excluding hydrogens is 274 g/mol. The topological polar surface area (TPSA) is 57.6 Å². The number of benzene rings is 1. The Hall–Kier alpha value is -1.36. The van der Waals surface area contributed by atoms with E-state index in [0.29, 0.717) is 13.0 Å². The molecule has 1 fully saturated rings. The lowest BCUT2D eigenvalue weighted by molar-refractivity contribution is -0.144. The summed E-state index contributed by atoms with van der Waals surface area (Å²) in [5, 5.41) is 8.84. The first-order valence-corrected chi connectivity index (χ1v) is 5.68. The molecule has 1 aromatic carbocycles. The Balaban J connectivity index is 2.21. The van der Waals surface area contributed by atoms with Gasteiger partial charge in [0.1, 0.15) is 5.92 Å². The van der Waals surface area contributed by atoms with Crippen molar-refractivity contribution in [1.29, 1.82) is 0 Å². The minimum atomic E-state index is -1.04. The van der Waals surface area contributed by atoms with Crippen LogP contribution in [0.1, 0.15) is 6.42 Å². The van der Waals surface area contributed by atoms with Crippen molar-refractivity contribution in [3.8, 4) is 0 Å².